The summed E-state index contributed by atoms with van der Waals surface area (Å²) in [6, 6.07) is 17.9. The summed E-state index contributed by atoms with van der Waals surface area (Å²) in [5.74, 6) is 2.57. The van der Waals surface area contributed by atoms with Gasteiger partial charge in [-0.2, -0.15) is 4.98 Å². The van der Waals surface area contributed by atoms with E-state index in [4.69, 9.17) is 14.2 Å². The molecule has 0 fully saturated rings. The zero-order valence-electron chi connectivity index (χ0n) is 14.6. The summed E-state index contributed by atoms with van der Waals surface area (Å²) in [6.07, 6.45) is 0. The van der Waals surface area contributed by atoms with Crippen LogP contribution in [-0.2, 0) is 6.54 Å². The molecular weight excluding hydrogens is 328 g/mol. The Kier molecular flexibility index (Phi) is 4.23. The van der Waals surface area contributed by atoms with E-state index in [2.05, 4.69) is 15.5 Å². The van der Waals surface area contributed by atoms with Crippen LogP contribution in [0.3, 0.4) is 0 Å². The van der Waals surface area contributed by atoms with E-state index in [-0.39, 0.29) is 0 Å². The van der Waals surface area contributed by atoms with Gasteiger partial charge in [-0.1, -0.05) is 41.6 Å². The number of benzene rings is 2. The van der Waals surface area contributed by atoms with Gasteiger partial charge in [0.1, 0.15) is 11.6 Å². The van der Waals surface area contributed by atoms with Gasteiger partial charge in [0.2, 0.25) is 11.7 Å². The normalized spacial score (nSPS) is 10.8. The minimum Gasteiger partial charge on any atom is -0.496 e. The second-order valence-corrected chi connectivity index (χ2v) is 5.88. The highest BCUT2D eigenvalue weighted by Crippen LogP contribution is 2.29. The lowest BCUT2D eigenvalue weighted by Crippen LogP contribution is -2.05. The molecular formula is C20H18N4O2. The molecule has 1 N–H and O–H groups in total. The van der Waals surface area contributed by atoms with Crippen molar-refractivity contribution in [3.05, 3.63) is 66.1 Å². The van der Waals surface area contributed by atoms with E-state index < -0.39 is 0 Å². The van der Waals surface area contributed by atoms with Gasteiger partial charge in [-0.15, -0.1) is 0 Å². The Labute approximate surface area is 150 Å². The molecule has 4 rings (SSSR count). The van der Waals surface area contributed by atoms with Crippen LogP contribution >= 0.6 is 0 Å². The summed E-state index contributed by atoms with van der Waals surface area (Å²) in [5, 5.41) is 8.46. The third kappa shape index (κ3) is 3.09. The average Bonchev–Trinajstić information content (AvgIpc) is 3.12. The zero-order chi connectivity index (χ0) is 17.9. The number of para-hydroxylation sites is 2. The van der Waals surface area contributed by atoms with E-state index in [0.29, 0.717) is 24.1 Å². The highest BCUT2D eigenvalue weighted by Gasteiger charge is 2.14. The molecule has 6 nitrogen and oxygen atoms in total. The van der Waals surface area contributed by atoms with E-state index in [0.717, 1.165) is 27.8 Å². The molecule has 4 aromatic rings. The number of methoxy groups -OCH3 is 1. The third-order valence-electron chi connectivity index (χ3n) is 4.13. The van der Waals surface area contributed by atoms with Crippen LogP contribution in [0.1, 0.15) is 11.5 Å². The number of hydrogen-bond donors (Lipinski definition) is 1. The molecule has 6 heteroatoms. The van der Waals surface area contributed by atoms with Gasteiger partial charge in [0.25, 0.3) is 0 Å². The molecule has 130 valence electrons. The number of nitrogens with one attached hydrogen (secondary N) is 1. The molecule has 0 unspecified atom stereocenters. The molecule has 0 saturated heterocycles. The first-order valence-corrected chi connectivity index (χ1v) is 8.31. The van der Waals surface area contributed by atoms with E-state index in [9.17, 15) is 0 Å². The van der Waals surface area contributed by atoms with Gasteiger partial charge in [0.05, 0.1) is 18.2 Å². The van der Waals surface area contributed by atoms with Crippen molar-refractivity contribution in [2.45, 2.75) is 13.5 Å². The molecule has 0 saturated carbocycles. The average molecular weight is 346 g/mol. The highest BCUT2D eigenvalue weighted by atomic mass is 16.5. The van der Waals surface area contributed by atoms with Gasteiger partial charge in [-0.05, 0) is 18.2 Å². The predicted molar refractivity (Wildman–Crippen MR) is 100 cm³/mol. The van der Waals surface area contributed by atoms with Crippen LogP contribution in [-0.4, -0.2) is 22.2 Å². The Bertz CT molecular complexity index is 1060. The molecule has 0 amide bonds. The topological polar surface area (TPSA) is 73.1 Å². The number of rotatable bonds is 5. The number of hydrogen-bond acceptors (Lipinski definition) is 6. The maximum atomic E-state index is 5.42. The van der Waals surface area contributed by atoms with Gasteiger partial charge in [0.15, 0.2) is 0 Å². The first-order chi connectivity index (χ1) is 12.7. The van der Waals surface area contributed by atoms with Gasteiger partial charge >= 0.3 is 0 Å². The van der Waals surface area contributed by atoms with Crippen LogP contribution in [0.4, 0.5) is 5.82 Å². The van der Waals surface area contributed by atoms with Crippen LogP contribution in [0.25, 0.3) is 22.3 Å². The molecule has 0 spiro atoms. The van der Waals surface area contributed by atoms with Crippen molar-refractivity contribution < 1.29 is 9.26 Å². The van der Waals surface area contributed by atoms with Crippen molar-refractivity contribution in [2.75, 3.05) is 12.4 Å². The fraction of sp³-hybridized carbons (Fsp3) is 0.150. The number of pyridine rings is 1. The Balaban J connectivity index is 1.75. The van der Waals surface area contributed by atoms with Crippen LogP contribution in [0, 0.1) is 6.92 Å². The van der Waals surface area contributed by atoms with Crippen molar-refractivity contribution in [1.82, 2.24) is 15.1 Å². The smallest absolute Gasteiger partial charge is 0.223 e. The summed E-state index contributed by atoms with van der Waals surface area (Å²) in [4.78, 5) is 9.11. The quantitative estimate of drug-likeness (QED) is 0.583. The third-order valence-corrected chi connectivity index (χ3v) is 4.13. The summed E-state index contributed by atoms with van der Waals surface area (Å²) < 4.78 is 10.6. The van der Waals surface area contributed by atoms with Gasteiger partial charge in [0, 0.05) is 24.4 Å². The molecule has 0 aliphatic carbocycles. The molecule has 0 bridgehead atoms. The molecule has 0 atom stereocenters. The minimum atomic E-state index is 0.517. The maximum Gasteiger partial charge on any atom is 0.223 e. The summed E-state index contributed by atoms with van der Waals surface area (Å²) in [5.41, 5.74) is 2.75. The number of aryl methyl sites for hydroxylation is 1. The van der Waals surface area contributed by atoms with E-state index in [1.807, 2.05) is 54.6 Å². The minimum absolute atomic E-state index is 0.517. The zero-order valence-corrected chi connectivity index (χ0v) is 14.6. The molecule has 2 heterocycles. The van der Waals surface area contributed by atoms with Crippen LogP contribution in [0.2, 0.25) is 0 Å². The molecule has 2 aromatic carbocycles. The fourth-order valence-corrected chi connectivity index (χ4v) is 2.86. The van der Waals surface area contributed by atoms with Gasteiger partial charge in [-0.25, -0.2) is 4.98 Å². The largest absolute Gasteiger partial charge is 0.496 e. The molecule has 0 aliphatic heterocycles. The second-order valence-electron chi connectivity index (χ2n) is 5.88. The Morgan fingerprint density at radius 3 is 2.65 bits per heavy atom. The van der Waals surface area contributed by atoms with Crippen molar-refractivity contribution in [1.29, 1.82) is 0 Å². The summed E-state index contributed by atoms with van der Waals surface area (Å²) >= 11 is 0. The van der Waals surface area contributed by atoms with E-state index >= 15 is 0 Å². The van der Waals surface area contributed by atoms with Crippen LogP contribution in [0.5, 0.6) is 5.75 Å². The van der Waals surface area contributed by atoms with Crippen molar-refractivity contribution in [3.8, 4) is 17.1 Å². The summed E-state index contributed by atoms with van der Waals surface area (Å²) in [7, 11) is 1.67. The fourth-order valence-electron chi connectivity index (χ4n) is 2.86. The Morgan fingerprint density at radius 1 is 1.04 bits per heavy atom. The monoisotopic (exact) mass is 346 g/mol. The summed E-state index contributed by atoms with van der Waals surface area (Å²) in [6.45, 7) is 2.34. The van der Waals surface area contributed by atoms with Crippen molar-refractivity contribution in [3.63, 3.8) is 0 Å². The maximum absolute atomic E-state index is 5.42. The lowest BCUT2D eigenvalue weighted by atomic mass is 10.1. The SMILES string of the molecule is COc1ccccc1CNc1nc2ccccc2cc1-c1noc(C)n1. The Hall–Kier alpha value is -3.41. The molecule has 26 heavy (non-hydrogen) atoms. The standard InChI is InChI=1S/C20H18N4O2/c1-13-22-20(24-26-13)16-11-14-7-3-5-9-17(14)23-19(16)21-12-15-8-4-6-10-18(15)25-2/h3-11H,12H2,1-2H3,(H,21,23). The first-order valence-electron chi connectivity index (χ1n) is 8.31. The van der Waals surface area contributed by atoms with Crippen molar-refractivity contribution >= 4 is 16.7 Å². The van der Waals surface area contributed by atoms with E-state index in [1.54, 1.807) is 14.0 Å². The number of anilines is 1. The first kappa shape index (κ1) is 16.1. The van der Waals surface area contributed by atoms with E-state index in [1.165, 1.54) is 0 Å². The van der Waals surface area contributed by atoms with Crippen molar-refractivity contribution in [2.24, 2.45) is 0 Å². The van der Waals surface area contributed by atoms with Crippen LogP contribution < -0.4 is 10.1 Å². The lowest BCUT2D eigenvalue weighted by molar-refractivity contribution is 0.394. The molecule has 2 aromatic heterocycles. The van der Waals surface area contributed by atoms with Gasteiger partial charge in [-0.3, -0.25) is 0 Å². The second kappa shape index (κ2) is 6.84. The number of ether oxygens (including phenoxy) is 1. The predicted octanol–water partition coefficient (Wildman–Crippen LogP) is 4.21. The number of fused-ring (bicyclic) bond motifs is 1. The Morgan fingerprint density at radius 2 is 1.85 bits per heavy atom. The highest BCUT2D eigenvalue weighted by molar-refractivity contribution is 5.87. The van der Waals surface area contributed by atoms with Crippen LogP contribution in [0.15, 0.2) is 59.1 Å². The molecule has 0 radical (unpaired) electrons. The molecule has 0 aliphatic rings. The number of nitrogens with zero attached hydrogens (tertiary/aromatic N) is 3. The van der Waals surface area contributed by atoms with Gasteiger partial charge < -0.3 is 14.6 Å². The number of aromatic nitrogens is 3. The lowest BCUT2D eigenvalue weighted by Gasteiger charge is -2.13.